The zero-order chi connectivity index (χ0) is 22.1. The third kappa shape index (κ3) is 3.87. The lowest BCUT2D eigenvalue weighted by atomic mass is 9.78. The average Bonchev–Trinajstić information content (AvgIpc) is 3.17. The molecule has 1 saturated heterocycles. The van der Waals surface area contributed by atoms with Gasteiger partial charge in [0.1, 0.15) is 5.69 Å². The van der Waals surface area contributed by atoms with Crippen LogP contribution in [0.2, 0.25) is 0 Å². The van der Waals surface area contributed by atoms with Gasteiger partial charge in [0.05, 0.1) is 22.8 Å². The van der Waals surface area contributed by atoms with Crippen molar-refractivity contribution >= 4 is 37.7 Å². The zero-order valence-corrected chi connectivity index (χ0v) is 18.9. The predicted octanol–water partition coefficient (Wildman–Crippen LogP) is 3.54. The molecule has 0 aliphatic carbocycles. The first kappa shape index (κ1) is 23.7. The number of alkyl halides is 3. The number of carbonyl (C=O) groups is 1. The summed E-state index contributed by atoms with van der Waals surface area (Å²) in [4.78, 5) is 14.8. The number of hydrogen-bond acceptors (Lipinski definition) is 4. The van der Waals surface area contributed by atoms with E-state index < -0.39 is 30.1 Å². The SMILES string of the molecule is C[C@H]1CN(c2ccc(C(F)(F)F)cc2)C(=O)c2c(B3OC(C)(C)C(C)(C)O3)cnn21.S. The van der Waals surface area contributed by atoms with Crippen molar-refractivity contribution in [2.45, 2.75) is 58.0 Å². The molecule has 0 unspecified atom stereocenters. The first-order valence-electron chi connectivity index (χ1n) is 9.74. The summed E-state index contributed by atoms with van der Waals surface area (Å²) in [6, 6.07) is 4.42. The van der Waals surface area contributed by atoms with Gasteiger partial charge in [-0.25, -0.2) is 0 Å². The number of halogens is 3. The summed E-state index contributed by atoms with van der Waals surface area (Å²) < 4.78 is 52.5. The van der Waals surface area contributed by atoms with Gasteiger partial charge >= 0.3 is 13.3 Å². The van der Waals surface area contributed by atoms with Crippen LogP contribution < -0.4 is 10.4 Å². The van der Waals surface area contributed by atoms with E-state index in [9.17, 15) is 18.0 Å². The van der Waals surface area contributed by atoms with Crippen LogP contribution in [0.3, 0.4) is 0 Å². The van der Waals surface area contributed by atoms with Crippen LogP contribution in [-0.4, -0.2) is 40.6 Å². The second-order valence-corrected chi connectivity index (χ2v) is 8.79. The molecule has 31 heavy (non-hydrogen) atoms. The molecule has 0 spiro atoms. The molecule has 1 amide bonds. The fraction of sp³-hybridized carbons (Fsp3) is 0.500. The van der Waals surface area contributed by atoms with Gasteiger partial charge in [-0.3, -0.25) is 9.48 Å². The molecule has 2 aliphatic heterocycles. The highest BCUT2D eigenvalue weighted by Gasteiger charge is 2.54. The van der Waals surface area contributed by atoms with Crippen molar-refractivity contribution in [2.75, 3.05) is 11.4 Å². The topological polar surface area (TPSA) is 56.6 Å². The van der Waals surface area contributed by atoms with Gasteiger partial charge in [-0.2, -0.15) is 31.8 Å². The minimum absolute atomic E-state index is 0. The highest BCUT2D eigenvalue weighted by Crippen LogP contribution is 2.37. The highest BCUT2D eigenvalue weighted by molar-refractivity contribution is 7.59. The standard InChI is InChI=1S/C20H23BF3N3O3.H2S/c1-12-11-26(14-8-6-13(7-9-14)20(22,23)24)17(28)16-15(10-25-27(12)16)21-29-18(2,3)19(4,5)30-21;/h6-10,12H,11H2,1-5H3;1H2/t12-;/m0./s1. The molecular formula is C20H25BF3N3O3S. The van der Waals surface area contributed by atoms with Gasteiger partial charge in [-0.15, -0.1) is 0 Å². The fourth-order valence-corrected chi connectivity index (χ4v) is 3.68. The maximum absolute atomic E-state index is 13.3. The maximum atomic E-state index is 13.3. The Kier molecular flexibility index (Phi) is 5.78. The van der Waals surface area contributed by atoms with Gasteiger partial charge < -0.3 is 14.2 Å². The Morgan fingerprint density at radius 2 is 1.65 bits per heavy atom. The van der Waals surface area contributed by atoms with E-state index >= 15 is 0 Å². The summed E-state index contributed by atoms with van der Waals surface area (Å²) in [5.41, 5.74) is -0.681. The second kappa shape index (κ2) is 7.56. The first-order chi connectivity index (χ1) is 13.8. The number of amides is 1. The number of rotatable bonds is 2. The quantitative estimate of drug-likeness (QED) is 0.651. The molecule has 0 N–H and O–H groups in total. The van der Waals surface area contributed by atoms with Crippen LogP contribution in [0.1, 0.15) is 56.7 Å². The lowest BCUT2D eigenvalue weighted by molar-refractivity contribution is -0.137. The molecule has 168 valence electrons. The Labute approximate surface area is 186 Å². The minimum Gasteiger partial charge on any atom is -0.399 e. The largest absolute Gasteiger partial charge is 0.498 e. The Morgan fingerprint density at radius 1 is 1.10 bits per heavy atom. The number of nitrogens with zero attached hydrogens (tertiary/aromatic N) is 3. The molecule has 6 nitrogen and oxygen atoms in total. The van der Waals surface area contributed by atoms with Crippen LogP contribution >= 0.6 is 13.5 Å². The van der Waals surface area contributed by atoms with E-state index in [2.05, 4.69) is 5.10 Å². The molecule has 4 rings (SSSR count). The Balaban J connectivity index is 0.00000272. The van der Waals surface area contributed by atoms with E-state index in [1.165, 1.54) is 17.0 Å². The number of fused-ring (bicyclic) bond motifs is 1. The Hall–Kier alpha value is -1.98. The smallest absolute Gasteiger partial charge is 0.399 e. The number of hydrogen-bond donors (Lipinski definition) is 0. The first-order valence-corrected chi connectivity index (χ1v) is 9.74. The molecule has 0 saturated carbocycles. The van der Waals surface area contributed by atoms with Crippen molar-refractivity contribution in [3.8, 4) is 0 Å². The van der Waals surface area contributed by atoms with Crippen molar-refractivity contribution in [3.63, 3.8) is 0 Å². The highest BCUT2D eigenvalue weighted by atomic mass is 32.1. The molecular weight excluding hydrogens is 430 g/mol. The number of aromatic nitrogens is 2. The molecule has 2 aromatic rings. The van der Waals surface area contributed by atoms with Gasteiger partial charge in [0.2, 0.25) is 0 Å². The van der Waals surface area contributed by atoms with Gasteiger partial charge in [-0.05, 0) is 58.9 Å². The zero-order valence-electron chi connectivity index (χ0n) is 17.9. The molecule has 0 radical (unpaired) electrons. The number of benzene rings is 1. The molecule has 1 fully saturated rings. The minimum atomic E-state index is -4.43. The maximum Gasteiger partial charge on any atom is 0.498 e. The van der Waals surface area contributed by atoms with Crippen molar-refractivity contribution in [3.05, 3.63) is 41.7 Å². The van der Waals surface area contributed by atoms with Crippen LogP contribution in [-0.2, 0) is 15.5 Å². The van der Waals surface area contributed by atoms with E-state index in [0.717, 1.165) is 12.1 Å². The van der Waals surface area contributed by atoms with Crippen LogP contribution in [0, 0.1) is 0 Å². The number of carbonyl (C=O) groups excluding carboxylic acids is 1. The van der Waals surface area contributed by atoms with Crippen LogP contribution in [0.15, 0.2) is 30.5 Å². The van der Waals surface area contributed by atoms with Crippen LogP contribution in [0.25, 0.3) is 0 Å². The third-order valence-electron chi connectivity index (χ3n) is 6.15. The summed E-state index contributed by atoms with van der Waals surface area (Å²) in [5, 5.41) is 4.36. The third-order valence-corrected chi connectivity index (χ3v) is 6.15. The van der Waals surface area contributed by atoms with E-state index in [4.69, 9.17) is 9.31 Å². The van der Waals surface area contributed by atoms with E-state index in [1.54, 1.807) is 10.9 Å². The summed E-state index contributed by atoms with van der Waals surface area (Å²) in [7, 11) is -0.762. The summed E-state index contributed by atoms with van der Waals surface area (Å²) in [5.74, 6) is -0.352. The lowest BCUT2D eigenvalue weighted by Crippen LogP contribution is -2.47. The van der Waals surface area contributed by atoms with Crippen LogP contribution in [0.4, 0.5) is 18.9 Å². The molecule has 2 aliphatic rings. The predicted molar refractivity (Wildman–Crippen MR) is 116 cm³/mol. The molecule has 11 heteroatoms. The second-order valence-electron chi connectivity index (χ2n) is 8.79. The van der Waals surface area contributed by atoms with Crippen molar-refractivity contribution in [1.82, 2.24) is 9.78 Å². The van der Waals surface area contributed by atoms with Crippen molar-refractivity contribution in [2.24, 2.45) is 0 Å². The summed E-state index contributed by atoms with van der Waals surface area (Å²) >= 11 is 0. The lowest BCUT2D eigenvalue weighted by Gasteiger charge is -2.32. The molecule has 0 bridgehead atoms. The van der Waals surface area contributed by atoms with Gasteiger partial charge in [0.25, 0.3) is 5.91 Å². The van der Waals surface area contributed by atoms with Gasteiger partial charge in [0, 0.05) is 23.9 Å². The van der Waals surface area contributed by atoms with Crippen molar-refractivity contribution in [1.29, 1.82) is 0 Å². The monoisotopic (exact) mass is 455 g/mol. The van der Waals surface area contributed by atoms with Crippen LogP contribution in [0.5, 0.6) is 0 Å². The summed E-state index contributed by atoms with van der Waals surface area (Å²) in [6.45, 7) is 9.86. The van der Waals surface area contributed by atoms with E-state index in [1.807, 2.05) is 34.6 Å². The molecule has 3 heterocycles. The molecule has 1 atom stereocenters. The van der Waals surface area contributed by atoms with Gasteiger partial charge in [0.15, 0.2) is 0 Å². The van der Waals surface area contributed by atoms with E-state index in [0.29, 0.717) is 23.4 Å². The summed E-state index contributed by atoms with van der Waals surface area (Å²) in [6.07, 6.45) is -2.86. The molecule has 1 aromatic heterocycles. The average molecular weight is 455 g/mol. The Bertz CT molecular complexity index is 976. The Morgan fingerprint density at radius 3 is 2.16 bits per heavy atom. The van der Waals surface area contributed by atoms with Crippen molar-refractivity contribution < 1.29 is 27.3 Å². The molecule has 1 aromatic carbocycles. The normalized spacial score (nSPS) is 22.3. The van der Waals surface area contributed by atoms with E-state index in [-0.39, 0.29) is 25.4 Å². The fourth-order valence-electron chi connectivity index (χ4n) is 3.68. The number of anilines is 1. The van der Waals surface area contributed by atoms with Gasteiger partial charge in [-0.1, -0.05) is 0 Å².